The lowest BCUT2D eigenvalue weighted by Crippen LogP contribution is -2.36. The van der Waals surface area contributed by atoms with Gasteiger partial charge >= 0.3 is 6.03 Å². The molecule has 1 saturated heterocycles. The van der Waals surface area contributed by atoms with Crippen LogP contribution in [0, 0.1) is 0 Å². The molecule has 2 N–H and O–H groups in total. The Morgan fingerprint density at radius 2 is 2.11 bits per heavy atom. The van der Waals surface area contributed by atoms with Gasteiger partial charge in [0.05, 0.1) is 0 Å². The van der Waals surface area contributed by atoms with Gasteiger partial charge in [-0.05, 0) is 12.8 Å². The van der Waals surface area contributed by atoms with Crippen LogP contribution >= 0.6 is 0 Å². The minimum atomic E-state index is -1.33. The Morgan fingerprint density at radius 3 is 2.61 bits per heavy atom. The van der Waals surface area contributed by atoms with Crippen LogP contribution in [0.4, 0.5) is 10.6 Å². The van der Waals surface area contributed by atoms with E-state index in [1.165, 1.54) is 7.05 Å². The number of aliphatic hydroxyl groups excluding tert-OH is 2. The van der Waals surface area contributed by atoms with Gasteiger partial charge in [0.2, 0.25) is 0 Å². The molecule has 2 unspecified atom stereocenters. The van der Waals surface area contributed by atoms with Gasteiger partial charge in [-0.15, -0.1) is 0 Å². The van der Waals surface area contributed by atoms with Crippen molar-refractivity contribution in [3.05, 3.63) is 11.8 Å². The average Bonchev–Trinajstić information content (AvgIpc) is 2.85. The number of carbonyl (C=O) groups excluding carboxylic acids is 1. The summed E-state index contributed by atoms with van der Waals surface area (Å²) in [5, 5.41) is 23.2. The van der Waals surface area contributed by atoms with Crippen LogP contribution in [0.15, 0.2) is 10.6 Å². The Kier molecular flexibility index (Phi) is 2.21. The number of hydrogen-bond donors (Lipinski definition) is 2. The van der Waals surface area contributed by atoms with Gasteiger partial charge in [0.25, 0.3) is 0 Å². The van der Waals surface area contributed by atoms with Crippen LogP contribution in [0.25, 0.3) is 0 Å². The van der Waals surface area contributed by atoms with Gasteiger partial charge in [-0.25, -0.2) is 9.69 Å². The second-order valence-corrected chi connectivity index (χ2v) is 5.20. The van der Waals surface area contributed by atoms with Crippen LogP contribution in [-0.4, -0.2) is 45.8 Å². The van der Waals surface area contributed by atoms with E-state index in [1.54, 1.807) is 6.07 Å². The molecule has 1 saturated carbocycles. The first-order chi connectivity index (χ1) is 8.44. The first kappa shape index (κ1) is 11.5. The van der Waals surface area contributed by atoms with E-state index in [9.17, 15) is 15.0 Å². The van der Waals surface area contributed by atoms with Crippen molar-refractivity contribution in [2.75, 3.05) is 11.9 Å². The summed E-state index contributed by atoms with van der Waals surface area (Å²) in [5.74, 6) is 0.945. The van der Waals surface area contributed by atoms with Crippen LogP contribution < -0.4 is 4.90 Å². The molecule has 2 fully saturated rings. The van der Waals surface area contributed by atoms with Crippen molar-refractivity contribution in [2.24, 2.45) is 0 Å². The fraction of sp³-hybridized carbons (Fsp3) is 0.636. The normalized spacial score (nSPS) is 30.1. The third-order valence-corrected chi connectivity index (χ3v) is 3.78. The minimum Gasteiger partial charge on any atom is -0.369 e. The fourth-order valence-corrected chi connectivity index (χ4v) is 2.06. The van der Waals surface area contributed by atoms with Gasteiger partial charge in [-0.1, -0.05) is 12.1 Å². The predicted molar refractivity (Wildman–Crippen MR) is 60.7 cm³/mol. The van der Waals surface area contributed by atoms with E-state index >= 15 is 0 Å². The number of urea groups is 1. The zero-order valence-electron chi connectivity index (χ0n) is 10.2. The highest BCUT2D eigenvalue weighted by Gasteiger charge is 2.47. The quantitative estimate of drug-likeness (QED) is 0.787. The lowest BCUT2D eigenvalue weighted by atomic mass is 10.1. The molecule has 2 heterocycles. The number of anilines is 1. The second-order valence-electron chi connectivity index (χ2n) is 5.20. The Morgan fingerprint density at radius 1 is 1.44 bits per heavy atom. The summed E-state index contributed by atoms with van der Waals surface area (Å²) in [6, 6.07) is 1.15. The van der Waals surface area contributed by atoms with Crippen molar-refractivity contribution in [1.29, 1.82) is 0 Å². The number of aliphatic hydroxyl groups is 2. The van der Waals surface area contributed by atoms with Crippen molar-refractivity contribution in [1.82, 2.24) is 10.1 Å². The minimum absolute atomic E-state index is 0.00346. The van der Waals surface area contributed by atoms with Crippen LogP contribution in [0.5, 0.6) is 0 Å². The maximum atomic E-state index is 11.9. The highest BCUT2D eigenvalue weighted by molar-refractivity contribution is 5.93. The van der Waals surface area contributed by atoms with Crippen LogP contribution in [-0.2, 0) is 5.41 Å². The smallest absolute Gasteiger partial charge is 0.329 e. The molecule has 1 aromatic rings. The van der Waals surface area contributed by atoms with Crippen molar-refractivity contribution in [3.8, 4) is 0 Å². The molecule has 0 radical (unpaired) electrons. The third kappa shape index (κ3) is 1.44. The summed E-state index contributed by atoms with van der Waals surface area (Å²) in [5.41, 5.74) is 0.00346. The van der Waals surface area contributed by atoms with Gasteiger partial charge in [-0.3, -0.25) is 4.90 Å². The summed E-state index contributed by atoms with van der Waals surface area (Å²) in [6.07, 6.45) is -0.525. The monoisotopic (exact) mass is 253 g/mol. The molecule has 98 valence electrons. The van der Waals surface area contributed by atoms with E-state index in [-0.39, 0.29) is 11.2 Å². The van der Waals surface area contributed by atoms with Crippen molar-refractivity contribution in [2.45, 2.75) is 37.6 Å². The Hall–Kier alpha value is -1.60. The predicted octanol–water partition coefficient (Wildman–Crippen LogP) is 0.235. The van der Waals surface area contributed by atoms with E-state index in [0.29, 0.717) is 5.76 Å². The van der Waals surface area contributed by atoms with E-state index < -0.39 is 18.5 Å². The summed E-state index contributed by atoms with van der Waals surface area (Å²) < 4.78 is 5.22. The number of rotatable bonds is 2. The SMILES string of the molecule is CN1C(=O)N(c2cc(C3(C)CC3)on2)C(O)C1O. The molecule has 18 heavy (non-hydrogen) atoms. The van der Waals surface area contributed by atoms with Crippen LogP contribution in [0.1, 0.15) is 25.5 Å². The highest BCUT2D eigenvalue weighted by Crippen LogP contribution is 2.48. The molecular weight excluding hydrogens is 238 g/mol. The molecule has 2 aliphatic rings. The molecule has 7 nitrogen and oxygen atoms in total. The number of nitrogens with zero attached hydrogens (tertiary/aromatic N) is 3. The zero-order valence-corrected chi connectivity index (χ0v) is 10.2. The van der Waals surface area contributed by atoms with Gasteiger partial charge in [0.1, 0.15) is 5.76 Å². The third-order valence-electron chi connectivity index (χ3n) is 3.78. The largest absolute Gasteiger partial charge is 0.369 e. The second kappa shape index (κ2) is 3.46. The molecule has 7 heteroatoms. The Labute approximate surface area is 104 Å². The molecule has 1 aliphatic carbocycles. The first-order valence-corrected chi connectivity index (χ1v) is 5.83. The topological polar surface area (TPSA) is 90.0 Å². The lowest BCUT2D eigenvalue weighted by molar-refractivity contribution is -0.0184. The van der Waals surface area contributed by atoms with Crippen LogP contribution in [0.2, 0.25) is 0 Å². The van der Waals surface area contributed by atoms with E-state index in [4.69, 9.17) is 4.52 Å². The highest BCUT2D eigenvalue weighted by atomic mass is 16.5. The van der Waals surface area contributed by atoms with E-state index in [2.05, 4.69) is 12.1 Å². The number of amides is 2. The Balaban J connectivity index is 1.91. The molecule has 0 bridgehead atoms. The number of hydrogen-bond acceptors (Lipinski definition) is 5. The van der Waals surface area contributed by atoms with E-state index in [1.807, 2.05) is 0 Å². The van der Waals surface area contributed by atoms with Gasteiger partial charge in [-0.2, -0.15) is 0 Å². The first-order valence-electron chi connectivity index (χ1n) is 5.83. The van der Waals surface area contributed by atoms with Gasteiger partial charge < -0.3 is 14.7 Å². The van der Waals surface area contributed by atoms with Gasteiger partial charge in [0.15, 0.2) is 18.3 Å². The molecule has 2 amide bonds. The number of carbonyl (C=O) groups is 1. The number of aromatic nitrogens is 1. The van der Waals surface area contributed by atoms with Crippen molar-refractivity contribution < 1.29 is 19.5 Å². The van der Waals surface area contributed by atoms with E-state index in [0.717, 1.165) is 22.6 Å². The maximum Gasteiger partial charge on any atom is 0.329 e. The fourth-order valence-electron chi connectivity index (χ4n) is 2.06. The standard InChI is InChI=1S/C11H15N3O4/c1-11(3-4-11)6-5-7(12-18-6)14-9(16)8(15)13(2)10(14)17/h5,8-9,15-16H,3-4H2,1-2H3. The number of likely N-dealkylation sites (N-methyl/N-ethyl adjacent to an activating group) is 1. The zero-order chi connectivity index (χ0) is 13.1. The summed E-state index contributed by atoms with van der Waals surface area (Å²) in [4.78, 5) is 13.9. The molecule has 3 rings (SSSR count). The molecule has 1 aliphatic heterocycles. The van der Waals surface area contributed by atoms with Crippen molar-refractivity contribution >= 4 is 11.8 Å². The molecule has 0 spiro atoms. The summed E-state index contributed by atoms with van der Waals surface area (Å²) in [6.45, 7) is 2.06. The molecular formula is C11H15N3O4. The van der Waals surface area contributed by atoms with Crippen molar-refractivity contribution in [3.63, 3.8) is 0 Å². The lowest BCUT2D eigenvalue weighted by Gasteiger charge is -2.15. The Bertz CT molecular complexity index is 496. The maximum absolute atomic E-state index is 11.9. The van der Waals surface area contributed by atoms with Gasteiger partial charge in [0, 0.05) is 18.5 Å². The summed E-state index contributed by atoms with van der Waals surface area (Å²) >= 11 is 0. The van der Waals surface area contributed by atoms with Crippen LogP contribution in [0.3, 0.4) is 0 Å². The molecule has 2 atom stereocenters. The average molecular weight is 253 g/mol. The molecule has 1 aromatic heterocycles. The molecule has 0 aromatic carbocycles. The summed E-state index contributed by atoms with van der Waals surface area (Å²) in [7, 11) is 1.42.